The monoisotopic (exact) mass is 502 g/mol. The van der Waals surface area contributed by atoms with Gasteiger partial charge < -0.3 is 14.6 Å². The molecule has 4 aliphatic carbocycles. The van der Waals surface area contributed by atoms with E-state index in [-0.39, 0.29) is 23.5 Å². The maximum absolute atomic E-state index is 12.0. The van der Waals surface area contributed by atoms with Crippen molar-refractivity contribution in [3.8, 4) is 0 Å². The molecule has 0 radical (unpaired) electrons. The second-order valence-corrected chi connectivity index (χ2v) is 13.8. The molecule has 0 amide bonds. The van der Waals surface area contributed by atoms with Crippen LogP contribution in [0.5, 0.6) is 0 Å². The molecule has 0 aliphatic heterocycles. The standard InChI is InChI=1S/C31H50O5/c1-19(9-8-16-29(4,5)34)23-12-13-24-22-10-11-26-28(36-21(3)33)27(35-20(2)32)15-18-31(26,7)25(22)14-17-30(23,24)6/h11,19,22-25,27-28,34H,8-10,12-18H2,1-7H3/t19-,22+,23-,24+,25+,27+,28+,30-,31-/m1/s1. The molecule has 0 aromatic heterocycles. The largest absolute Gasteiger partial charge is 0.458 e. The Bertz CT molecular complexity index is 871. The molecule has 3 saturated carbocycles. The third-order valence-electron chi connectivity index (χ3n) is 10.9. The number of rotatable bonds is 7. The Labute approximate surface area is 218 Å². The summed E-state index contributed by atoms with van der Waals surface area (Å²) in [6.45, 7) is 14.2. The van der Waals surface area contributed by atoms with Gasteiger partial charge in [0, 0.05) is 13.8 Å². The van der Waals surface area contributed by atoms with E-state index < -0.39 is 11.7 Å². The van der Waals surface area contributed by atoms with Crippen molar-refractivity contribution in [3.05, 3.63) is 11.6 Å². The van der Waals surface area contributed by atoms with E-state index in [1.807, 2.05) is 13.8 Å². The molecule has 0 bridgehead atoms. The van der Waals surface area contributed by atoms with Crippen LogP contribution in [0.2, 0.25) is 0 Å². The minimum atomic E-state index is -0.570. The Morgan fingerprint density at radius 1 is 1.06 bits per heavy atom. The van der Waals surface area contributed by atoms with E-state index in [9.17, 15) is 14.7 Å². The van der Waals surface area contributed by atoms with Crippen LogP contribution in [0.3, 0.4) is 0 Å². The van der Waals surface area contributed by atoms with Crippen LogP contribution in [0.25, 0.3) is 0 Å². The van der Waals surface area contributed by atoms with Crippen molar-refractivity contribution in [3.63, 3.8) is 0 Å². The minimum absolute atomic E-state index is 0.00256. The van der Waals surface area contributed by atoms with Crippen LogP contribution in [0.4, 0.5) is 0 Å². The number of carbonyl (C=O) groups is 2. The highest BCUT2D eigenvalue weighted by Gasteiger charge is 2.60. The third-order valence-corrected chi connectivity index (χ3v) is 10.9. The zero-order valence-electron chi connectivity index (χ0n) is 23.8. The van der Waals surface area contributed by atoms with E-state index in [2.05, 4.69) is 26.8 Å². The highest BCUT2D eigenvalue weighted by atomic mass is 16.6. The van der Waals surface area contributed by atoms with Gasteiger partial charge in [0.25, 0.3) is 0 Å². The summed E-state index contributed by atoms with van der Waals surface area (Å²) >= 11 is 0. The van der Waals surface area contributed by atoms with Crippen molar-refractivity contribution in [2.75, 3.05) is 0 Å². The second-order valence-electron chi connectivity index (χ2n) is 13.8. The fourth-order valence-electron chi connectivity index (χ4n) is 9.37. The topological polar surface area (TPSA) is 72.8 Å². The summed E-state index contributed by atoms with van der Waals surface area (Å²) < 4.78 is 11.5. The van der Waals surface area contributed by atoms with E-state index in [1.54, 1.807) is 0 Å². The lowest BCUT2D eigenvalue weighted by atomic mass is 9.46. The molecule has 204 valence electrons. The molecule has 3 fully saturated rings. The van der Waals surface area contributed by atoms with Gasteiger partial charge >= 0.3 is 11.9 Å². The van der Waals surface area contributed by atoms with E-state index in [0.717, 1.165) is 43.9 Å². The first-order valence-electron chi connectivity index (χ1n) is 14.5. The smallest absolute Gasteiger partial charge is 0.303 e. The molecule has 5 heteroatoms. The molecule has 4 aliphatic rings. The summed E-state index contributed by atoms with van der Waals surface area (Å²) in [5.74, 6) is 2.85. The molecule has 0 spiro atoms. The van der Waals surface area contributed by atoms with E-state index in [1.165, 1.54) is 51.5 Å². The second kappa shape index (κ2) is 10.1. The van der Waals surface area contributed by atoms with E-state index in [4.69, 9.17) is 9.47 Å². The predicted molar refractivity (Wildman–Crippen MR) is 141 cm³/mol. The van der Waals surface area contributed by atoms with Crippen LogP contribution >= 0.6 is 0 Å². The quantitative estimate of drug-likeness (QED) is 0.313. The van der Waals surface area contributed by atoms with Crippen molar-refractivity contribution in [2.24, 2.45) is 40.4 Å². The molecule has 4 rings (SSSR count). The van der Waals surface area contributed by atoms with Gasteiger partial charge in [0.05, 0.1) is 5.60 Å². The number of allylic oxidation sites excluding steroid dienone is 1. The number of hydrogen-bond donors (Lipinski definition) is 1. The van der Waals surface area contributed by atoms with Gasteiger partial charge in [-0.05, 0) is 111 Å². The lowest BCUT2D eigenvalue weighted by molar-refractivity contribution is -0.170. The van der Waals surface area contributed by atoms with E-state index >= 15 is 0 Å². The highest BCUT2D eigenvalue weighted by molar-refractivity contribution is 5.68. The average molecular weight is 503 g/mol. The summed E-state index contributed by atoms with van der Waals surface area (Å²) in [4.78, 5) is 23.8. The number of aliphatic hydroxyl groups is 1. The fourth-order valence-corrected chi connectivity index (χ4v) is 9.37. The average Bonchev–Trinajstić information content (AvgIpc) is 3.11. The highest BCUT2D eigenvalue weighted by Crippen LogP contribution is 2.67. The summed E-state index contributed by atoms with van der Waals surface area (Å²) in [6, 6.07) is 0. The molecular formula is C31H50O5. The van der Waals surface area contributed by atoms with Gasteiger partial charge in [-0.15, -0.1) is 0 Å². The molecule has 36 heavy (non-hydrogen) atoms. The fraction of sp³-hybridized carbons (Fsp3) is 0.871. The number of fused-ring (bicyclic) bond motifs is 5. The van der Waals surface area contributed by atoms with Crippen molar-refractivity contribution in [1.29, 1.82) is 0 Å². The molecule has 5 nitrogen and oxygen atoms in total. The van der Waals surface area contributed by atoms with Gasteiger partial charge in [0.1, 0.15) is 6.10 Å². The Hall–Kier alpha value is -1.36. The third kappa shape index (κ3) is 5.15. The van der Waals surface area contributed by atoms with Crippen molar-refractivity contribution < 1.29 is 24.2 Å². The molecule has 0 unspecified atom stereocenters. The Kier molecular flexibility index (Phi) is 7.74. The van der Waals surface area contributed by atoms with Gasteiger partial charge in [-0.3, -0.25) is 9.59 Å². The normalized spacial score (nSPS) is 40.8. The molecule has 0 heterocycles. The van der Waals surface area contributed by atoms with Crippen LogP contribution in [0, 0.1) is 40.4 Å². The van der Waals surface area contributed by atoms with Crippen molar-refractivity contribution in [1.82, 2.24) is 0 Å². The van der Waals surface area contributed by atoms with Crippen LogP contribution in [-0.4, -0.2) is 34.9 Å². The van der Waals surface area contributed by atoms with E-state index in [0.29, 0.717) is 23.2 Å². The van der Waals surface area contributed by atoms with Gasteiger partial charge in [-0.2, -0.15) is 0 Å². The van der Waals surface area contributed by atoms with Gasteiger partial charge in [0.2, 0.25) is 0 Å². The predicted octanol–water partition coefficient (Wildman–Crippen LogP) is 6.62. The van der Waals surface area contributed by atoms with Crippen molar-refractivity contribution in [2.45, 2.75) is 130 Å². The zero-order valence-corrected chi connectivity index (χ0v) is 23.8. The number of hydrogen-bond acceptors (Lipinski definition) is 5. The maximum Gasteiger partial charge on any atom is 0.303 e. The molecular weight excluding hydrogens is 452 g/mol. The van der Waals surface area contributed by atoms with Crippen LogP contribution in [0.15, 0.2) is 11.6 Å². The number of ether oxygens (including phenoxy) is 2. The molecule has 0 aromatic rings. The van der Waals surface area contributed by atoms with Crippen LogP contribution in [0.1, 0.15) is 113 Å². The molecule has 0 saturated heterocycles. The minimum Gasteiger partial charge on any atom is -0.458 e. The lowest BCUT2D eigenvalue weighted by Gasteiger charge is -2.59. The molecule has 1 N–H and O–H groups in total. The number of carbonyl (C=O) groups excluding carboxylic acids is 2. The summed E-state index contributed by atoms with van der Waals surface area (Å²) in [6.07, 6.45) is 12.6. The van der Waals surface area contributed by atoms with Crippen LogP contribution < -0.4 is 0 Å². The first kappa shape index (κ1) is 27.7. The summed E-state index contributed by atoms with van der Waals surface area (Å²) in [7, 11) is 0. The van der Waals surface area contributed by atoms with Gasteiger partial charge in [0.15, 0.2) is 6.10 Å². The number of esters is 2. The van der Waals surface area contributed by atoms with Gasteiger partial charge in [-0.1, -0.05) is 39.7 Å². The molecule has 9 atom stereocenters. The Morgan fingerprint density at radius 3 is 2.39 bits per heavy atom. The Balaban J connectivity index is 1.53. The first-order chi connectivity index (χ1) is 16.8. The van der Waals surface area contributed by atoms with Crippen molar-refractivity contribution >= 4 is 11.9 Å². The summed E-state index contributed by atoms with van der Waals surface area (Å²) in [5, 5.41) is 10.2. The maximum atomic E-state index is 12.0. The van der Waals surface area contributed by atoms with Gasteiger partial charge in [-0.25, -0.2) is 0 Å². The molecule has 0 aromatic carbocycles. The lowest BCUT2D eigenvalue weighted by Crippen LogP contribution is -2.55. The van der Waals surface area contributed by atoms with Crippen LogP contribution in [-0.2, 0) is 19.1 Å². The SMILES string of the molecule is CC(=O)O[C@H]1CC[C@@]2(C)C(=CC[C@H]3[C@@H]4CC[C@H]([C@H](C)CCCC(C)(C)O)[C@@]4(C)CC[C@@H]32)[C@@H]1OC(C)=O. The Morgan fingerprint density at radius 2 is 1.75 bits per heavy atom. The zero-order chi connectivity index (χ0) is 26.5. The summed E-state index contributed by atoms with van der Waals surface area (Å²) in [5.41, 5.74) is 1.02. The first-order valence-corrected chi connectivity index (χ1v) is 14.5.